The Morgan fingerprint density at radius 2 is 2.18 bits per heavy atom. The average molecular weight is 405 g/mol. The van der Waals surface area contributed by atoms with Crippen LogP contribution < -0.4 is 5.73 Å². The SMILES string of the molecule is CCC(=O)N1CCC(F)C1.Cc1cc(C)c(-n2cc3sc(N)nc3n2)c(O)c1. The highest BCUT2D eigenvalue weighted by Gasteiger charge is 2.24. The van der Waals surface area contributed by atoms with E-state index < -0.39 is 6.17 Å². The van der Waals surface area contributed by atoms with Crippen LogP contribution >= 0.6 is 11.3 Å². The Bertz CT molecular complexity index is 945. The number of phenols is 1. The first-order valence-corrected chi connectivity index (χ1v) is 9.94. The summed E-state index contributed by atoms with van der Waals surface area (Å²) in [6.07, 6.45) is 2.06. The van der Waals surface area contributed by atoms with Crippen molar-refractivity contribution in [2.75, 3.05) is 18.8 Å². The van der Waals surface area contributed by atoms with Gasteiger partial charge < -0.3 is 15.7 Å². The molecule has 3 heterocycles. The quantitative estimate of drug-likeness (QED) is 0.681. The topological polar surface area (TPSA) is 97.3 Å². The number of rotatable bonds is 2. The van der Waals surface area contributed by atoms with Gasteiger partial charge >= 0.3 is 0 Å². The molecular formula is C19H24FN5O2S. The fourth-order valence-corrected chi connectivity index (χ4v) is 3.94. The first kappa shape index (κ1) is 20.1. The van der Waals surface area contributed by atoms with Crippen molar-refractivity contribution in [2.24, 2.45) is 0 Å². The molecule has 3 aromatic rings. The summed E-state index contributed by atoms with van der Waals surface area (Å²) in [5, 5.41) is 14.9. The number of alkyl halides is 1. The van der Waals surface area contributed by atoms with Crippen LogP contribution in [-0.2, 0) is 4.79 Å². The van der Waals surface area contributed by atoms with Crippen molar-refractivity contribution in [2.45, 2.75) is 39.8 Å². The standard InChI is InChI=1S/C12H12N4OS.C7H12FNO/c1-6-3-7(2)10(8(17)4-6)16-5-9-11(15-16)14-12(13)18-9;1-2-7(10)9-4-3-6(8)5-9/h3-5,17H,1-2H3,(H2,13,14,15);6H,2-5H2,1H3. The Kier molecular flexibility index (Phi) is 5.83. The molecule has 9 heteroatoms. The third kappa shape index (κ3) is 4.24. The number of amides is 1. The van der Waals surface area contributed by atoms with Crippen molar-refractivity contribution in [3.63, 3.8) is 0 Å². The summed E-state index contributed by atoms with van der Waals surface area (Å²) in [5.74, 6) is 0.288. The zero-order valence-electron chi connectivity index (χ0n) is 16.1. The number of carbonyl (C=O) groups is 1. The molecule has 1 atom stereocenters. The summed E-state index contributed by atoms with van der Waals surface area (Å²) >= 11 is 1.38. The summed E-state index contributed by atoms with van der Waals surface area (Å²) in [4.78, 5) is 16.6. The average Bonchev–Trinajstić information content (AvgIpc) is 3.28. The van der Waals surface area contributed by atoms with Crippen LogP contribution in [0.4, 0.5) is 9.52 Å². The second-order valence-corrected chi connectivity index (χ2v) is 7.90. The van der Waals surface area contributed by atoms with Gasteiger partial charge in [-0.2, -0.15) is 4.98 Å². The molecule has 0 aliphatic carbocycles. The Hall–Kier alpha value is -2.68. The fourth-order valence-electron chi connectivity index (χ4n) is 3.26. The molecule has 1 fully saturated rings. The van der Waals surface area contributed by atoms with Gasteiger partial charge in [-0.15, -0.1) is 5.10 Å². The molecule has 3 N–H and O–H groups in total. The molecule has 4 rings (SSSR count). The molecule has 7 nitrogen and oxygen atoms in total. The monoisotopic (exact) mass is 405 g/mol. The van der Waals surface area contributed by atoms with E-state index in [1.54, 1.807) is 22.6 Å². The number of likely N-dealkylation sites (tertiary alicyclic amines) is 1. The van der Waals surface area contributed by atoms with Crippen molar-refractivity contribution in [1.82, 2.24) is 19.7 Å². The maximum absolute atomic E-state index is 12.5. The summed E-state index contributed by atoms with van der Waals surface area (Å²) in [6, 6.07) is 3.73. The van der Waals surface area contributed by atoms with E-state index in [1.165, 1.54) is 11.3 Å². The number of carbonyl (C=O) groups excluding carboxylic acids is 1. The molecule has 1 aliphatic rings. The Morgan fingerprint density at radius 3 is 2.75 bits per heavy atom. The predicted molar refractivity (Wildman–Crippen MR) is 109 cm³/mol. The minimum atomic E-state index is -0.782. The number of hydrogen-bond donors (Lipinski definition) is 2. The summed E-state index contributed by atoms with van der Waals surface area (Å²) < 4.78 is 15.0. The predicted octanol–water partition coefficient (Wildman–Crippen LogP) is 3.35. The highest BCUT2D eigenvalue weighted by atomic mass is 32.1. The number of halogens is 1. The highest BCUT2D eigenvalue weighted by Crippen LogP contribution is 2.30. The number of thiazole rings is 1. The number of aromatic hydroxyl groups is 1. The molecule has 2 aromatic heterocycles. The van der Waals surface area contributed by atoms with E-state index in [9.17, 15) is 14.3 Å². The summed E-state index contributed by atoms with van der Waals surface area (Å²) in [5.41, 5.74) is 8.89. The lowest BCUT2D eigenvalue weighted by molar-refractivity contribution is -0.129. The second-order valence-electron chi connectivity index (χ2n) is 6.84. The van der Waals surface area contributed by atoms with Gasteiger partial charge in [0.05, 0.1) is 17.4 Å². The first-order chi connectivity index (χ1) is 13.3. The molecule has 28 heavy (non-hydrogen) atoms. The van der Waals surface area contributed by atoms with Crippen LogP contribution in [0.5, 0.6) is 5.75 Å². The lowest BCUT2D eigenvalue weighted by Crippen LogP contribution is -2.27. The molecule has 1 saturated heterocycles. The minimum Gasteiger partial charge on any atom is -0.506 e. The number of nitrogens with two attached hydrogens (primary N) is 1. The van der Waals surface area contributed by atoms with Crippen LogP contribution in [0.25, 0.3) is 16.0 Å². The van der Waals surface area contributed by atoms with Crippen LogP contribution in [0.1, 0.15) is 30.9 Å². The Balaban J connectivity index is 0.000000192. The number of aromatic nitrogens is 3. The normalized spacial score (nSPS) is 16.3. The van der Waals surface area contributed by atoms with Crippen LogP contribution in [0.15, 0.2) is 18.3 Å². The molecule has 0 bridgehead atoms. The maximum Gasteiger partial charge on any atom is 0.222 e. The first-order valence-electron chi connectivity index (χ1n) is 9.12. The summed E-state index contributed by atoms with van der Waals surface area (Å²) in [6.45, 7) is 6.61. The lowest BCUT2D eigenvalue weighted by atomic mass is 10.1. The van der Waals surface area contributed by atoms with E-state index >= 15 is 0 Å². The van der Waals surface area contributed by atoms with E-state index in [-0.39, 0.29) is 11.7 Å². The van der Waals surface area contributed by atoms with Gasteiger partial charge in [-0.05, 0) is 37.5 Å². The number of nitrogen functional groups attached to an aromatic ring is 1. The van der Waals surface area contributed by atoms with E-state index in [0.717, 1.165) is 15.8 Å². The van der Waals surface area contributed by atoms with Gasteiger partial charge in [-0.1, -0.05) is 24.3 Å². The molecule has 1 unspecified atom stereocenters. The van der Waals surface area contributed by atoms with Crippen molar-refractivity contribution in [1.29, 1.82) is 0 Å². The van der Waals surface area contributed by atoms with Gasteiger partial charge in [0.15, 0.2) is 10.8 Å². The van der Waals surface area contributed by atoms with E-state index in [4.69, 9.17) is 5.73 Å². The van der Waals surface area contributed by atoms with E-state index in [0.29, 0.717) is 42.4 Å². The number of benzene rings is 1. The van der Waals surface area contributed by atoms with Gasteiger partial charge in [-0.3, -0.25) is 4.79 Å². The maximum atomic E-state index is 12.5. The number of nitrogens with zero attached hydrogens (tertiary/aromatic N) is 4. The van der Waals surface area contributed by atoms with Gasteiger partial charge in [0, 0.05) is 13.0 Å². The largest absolute Gasteiger partial charge is 0.506 e. The smallest absolute Gasteiger partial charge is 0.222 e. The molecular weight excluding hydrogens is 381 g/mol. The lowest BCUT2D eigenvalue weighted by Gasteiger charge is -2.12. The van der Waals surface area contributed by atoms with Crippen LogP contribution in [0.2, 0.25) is 0 Å². The van der Waals surface area contributed by atoms with Gasteiger partial charge in [-0.25, -0.2) is 9.07 Å². The van der Waals surface area contributed by atoms with Gasteiger partial charge in [0.1, 0.15) is 17.6 Å². The number of hydrogen-bond acceptors (Lipinski definition) is 6. The van der Waals surface area contributed by atoms with Crippen LogP contribution in [0, 0.1) is 13.8 Å². The third-order valence-corrected chi connectivity index (χ3v) is 5.34. The van der Waals surface area contributed by atoms with Crippen LogP contribution in [-0.4, -0.2) is 49.9 Å². The zero-order chi connectivity index (χ0) is 20.4. The molecule has 1 aliphatic heterocycles. The molecule has 0 spiro atoms. The zero-order valence-corrected chi connectivity index (χ0v) is 17.0. The molecule has 0 saturated carbocycles. The Morgan fingerprint density at radius 1 is 1.43 bits per heavy atom. The van der Waals surface area contributed by atoms with Crippen molar-refractivity contribution in [3.8, 4) is 11.4 Å². The second kappa shape index (κ2) is 8.14. The van der Waals surface area contributed by atoms with Crippen molar-refractivity contribution < 1.29 is 14.3 Å². The minimum absolute atomic E-state index is 0.0696. The molecule has 1 aromatic carbocycles. The van der Waals surface area contributed by atoms with Crippen molar-refractivity contribution in [3.05, 3.63) is 29.5 Å². The number of anilines is 1. The fraction of sp³-hybridized carbons (Fsp3) is 0.421. The summed E-state index contributed by atoms with van der Waals surface area (Å²) in [7, 11) is 0. The van der Waals surface area contributed by atoms with E-state index in [2.05, 4.69) is 10.1 Å². The molecule has 1 amide bonds. The van der Waals surface area contributed by atoms with E-state index in [1.807, 2.05) is 26.1 Å². The molecule has 150 valence electrons. The number of fused-ring (bicyclic) bond motifs is 1. The van der Waals surface area contributed by atoms with Gasteiger partial charge in [0.2, 0.25) is 5.91 Å². The Labute approximate surface area is 166 Å². The third-order valence-electron chi connectivity index (χ3n) is 4.53. The number of phenolic OH excluding ortho intramolecular Hbond substituents is 1. The molecule has 0 radical (unpaired) electrons. The van der Waals surface area contributed by atoms with Crippen molar-refractivity contribution >= 4 is 32.7 Å². The van der Waals surface area contributed by atoms with Gasteiger partial charge in [0.25, 0.3) is 0 Å². The highest BCUT2D eigenvalue weighted by molar-refractivity contribution is 7.21. The number of aryl methyl sites for hydroxylation is 2. The van der Waals surface area contributed by atoms with Crippen LogP contribution in [0.3, 0.4) is 0 Å².